The van der Waals surface area contributed by atoms with Gasteiger partial charge in [-0.1, -0.05) is 33.8 Å². The molecule has 0 saturated carbocycles. The number of ketones is 1. The molecule has 0 unspecified atom stereocenters. The van der Waals surface area contributed by atoms with Crippen molar-refractivity contribution in [1.29, 1.82) is 5.41 Å². The lowest BCUT2D eigenvalue weighted by atomic mass is 9.83. The first-order chi connectivity index (χ1) is 16.5. The van der Waals surface area contributed by atoms with E-state index in [1.165, 1.54) is 6.07 Å². The summed E-state index contributed by atoms with van der Waals surface area (Å²) in [6.45, 7) is 9.73. The highest BCUT2D eigenvalue weighted by atomic mass is 79.9. The highest BCUT2D eigenvalue weighted by Gasteiger charge is 2.30. The van der Waals surface area contributed by atoms with Gasteiger partial charge < -0.3 is 20.1 Å². The zero-order chi connectivity index (χ0) is 25.9. The zero-order valence-corrected chi connectivity index (χ0v) is 22.9. The van der Waals surface area contributed by atoms with Crippen LogP contribution in [0.25, 0.3) is 0 Å². The average molecular weight is 561 g/mol. The van der Waals surface area contributed by atoms with Gasteiger partial charge in [0.05, 0.1) is 18.7 Å². The second kappa shape index (κ2) is 11.6. The number of carboxylic acids is 1. The number of amidine groups is 1. The minimum atomic E-state index is -1.17. The molecule has 194 valence electrons. The number of nitrogens with zero attached hydrogens (tertiary/aromatic N) is 2. The van der Waals surface area contributed by atoms with Crippen molar-refractivity contribution >= 4 is 40.5 Å². The lowest BCUT2D eigenvalue weighted by Crippen LogP contribution is -2.32. The topological polar surface area (TPSA) is 133 Å². The van der Waals surface area contributed by atoms with E-state index >= 15 is 0 Å². The van der Waals surface area contributed by atoms with Crippen LogP contribution in [0.1, 0.15) is 77.8 Å². The predicted molar refractivity (Wildman–Crippen MR) is 142 cm³/mol. The third kappa shape index (κ3) is 6.29. The fourth-order valence-corrected chi connectivity index (χ4v) is 3.96. The summed E-state index contributed by atoms with van der Waals surface area (Å²) in [6.07, 6.45) is 0.758. The van der Waals surface area contributed by atoms with Crippen LogP contribution in [0, 0.1) is 5.41 Å². The molecule has 0 aliphatic carbocycles. The van der Waals surface area contributed by atoms with E-state index in [-0.39, 0.29) is 40.7 Å². The van der Waals surface area contributed by atoms with Crippen molar-refractivity contribution in [3.63, 3.8) is 0 Å². The van der Waals surface area contributed by atoms with Crippen molar-refractivity contribution in [1.82, 2.24) is 15.2 Å². The Balaban J connectivity index is 0.00000456. The van der Waals surface area contributed by atoms with Crippen molar-refractivity contribution in [2.45, 2.75) is 53.0 Å². The number of halogens is 1. The van der Waals surface area contributed by atoms with E-state index in [1.54, 1.807) is 17.9 Å². The Morgan fingerprint density at radius 1 is 1.19 bits per heavy atom. The third-order valence-electron chi connectivity index (χ3n) is 5.79. The Kier molecular flexibility index (Phi) is 9.37. The van der Waals surface area contributed by atoms with Gasteiger partial charge in [0.15, 0.2) is 5.78 Å². The molecule has 3 N–H and O–H groups in total. The molecule has 10 heteroatoms. The number of Topliss-reactive ketones (excluding diaryl/α,β-unsaturated/α-hetero) is 1. The van der Waals surface area contributed by atoms with E-state index in [9.17, 15) is 14.4 Å². The van der Waals surface area contributed by atoms with Crippen molar-refractivity contribution in [3.8, 4) is 5.75 Å². The molecule has 0 bridgehead atoms. The van der Waals surface area contributed by atoms with E-state index in [0.717, 1.165) is 17.7 Å². The number of pyridine rings is 1. The van der Waals surface area contributed by atoms with Gasteiger partial charge in [-0.05, 0) is 37.0 Å². The maximum absolute atomic E-state index is 13.4. The highest BCUT2D eigenvalue weighted by Crippen LogP contribution is 2.36. The smallest absolute Gasteiger partial charge is 0.322 e. The van der Waals surface area contributed by atoms with Crippen LogP contribution in [0.4, 0.5) is 0 Å². The number of hydrogen-bond acceptors (Lipinski definition) is 6. The number of fused-ring (bicyclic) bond motifs is 1. The van der Waals surface area contributed by atoms with E-state index < -0.39 is 23.8 Å². The van der Waals surface area contributed by atoms with Gasteiger partial charge in [-0.25, -0.2) is 4.98 Å². The van der Waals surface area contributed by atoms with Crippen LogP contribution >= 0.6 is 17.0 Å². The van der Waals surface area contributed by atoms with Gasteiger partial charge >= 0.3 is 5.97 Å². The molecule has 1 amide bonds. The minimum absolute atomic E-state index is 0. The summed E-state index contributed by atoms with van der Waals surface area (Å²) < 4.78 is 5.80. The minimum Gasteiger partial charge on any atom is -0.493 e. The van der Waals surface area contributed by atoms with Crippen molar-refractivity contribution in [3.05, 3.63) is 57.9 Å². The van der Waals surface area contributed by atoms with Gasteiger partial charge in [0, 0.05) is 28.9 Å². The predicted octanol–water partition coefficient (Wildman–Crippen LogP) is 3.76. The maximum Gasteiger partial charge on any atom is 0.322 e. The maximum atomic E-state index is 13.4. The van der Waals surface area contributed by atoms with E-state index in [2.05, 4.69) is 10.3 Å². The third-order valence-corrected chi connectivity index (χ3v) is 5.79. The number of benzene rings is 1. The number of carbonyl (C=O) groups excluding carboxylic acids is 2. The van der Waals surface area contributed by atoms with Crippen molar-refractivity contribution < 1.29 is 24.2 Å². The number of amides is 1. The van der Waals surface area contributed by atoms with Crippen LogP contribution in [-0.2, 0) is 23.2 Å². The standard InChI is InChI=1S/C26H32N4O5.BrH/c1-6-17-9-8-15-13-30(24(27)22(15)29-17)14-20(31)16-10-18(25(34)28-12-21(32)33)23(35-7-2)19(11-16)26(3,4)5;/h8-11,27H,6-7,12-14H2,1-5H3,(H,28,34)(H,32,33);1H. The van der Waals surface area contributed by atoms with Crippen LogP contribution in [0.3, 0.4) is 0 Å². The SMILES string of the molecule is Br.CCOc1c(C(=O)NCC(=O)O)cc(C(=O)CN2Cc3ccc(CC)nc3C2=N)cc1C(C)(C)C. The van der Waals surface area contributed by atoms with E-state index in [4.69, 9.17) is 15.3 Å². The number of hydrogen-bond donors (Lipinski definition) is 3. The average Bonchev–Trinajstić information content (AvgIpc) is 3.11. The molecule has 0 radical (unpaired) electrons. The molecule has 0 saturated heterocycles. The van der Waals surface area contributed by atoms with Gasteiger partial charge in [0.1, 0.15) is 23.8 Å². The number of aromatic nitrogens is 1. The summed E-state index contributed by atoms with van der Waals surface area (Å²) in [6, 6.07) is 7.04. The van der Waals surface area contributed by atoms with Crippen molar-refractivity contribution in [2.75, 3.05) is 19.7 Å². The summed E-state index contributed by atoms with van der Waals surface area (Å²) >= 11 is 0. The number of carboxylic acid groups (broad SMARTS) is 1. The zero-order valence-electron chi connectivity index (χ0n) is 21.2. The second-order valence-corrected chi connectivity index (χ2v) is 9.45. The molecule has 1 aromatic carbocycles. The second-order valence-electron chi connectivity index (χ2n) is 9.45. The lowest BCUT2D eigenvalue weighted by molar-refractivity contribution is -0.135. The van der Waals surface area contributed by atoms with E-state index in [1.807, 2.05) is 39.8 Å². The molecular weight excluding hydrogens is 528 g/mol. The Morgan fingerprint density at radius 3 is 2.47 bits per heavy atom. The molecule has 1 aliphatic heterocycles. The monoisotopic (exact) mass is 560 g/mol. The van der Waals surface area contributed by atoms with Gasteiger partial charge in [0.2, 0.25) is 0 Å². The van der Waals surface area contributed by atoms with Gasteiger partial charge in [-0.15, -0.1) is 17.0 Å². The van der Waals surface area contributed by atoms with Gasteiger partial charge in [-0.2, -0.15) is 0 Å². The molecule has 0 spiro atoms. The van der Waals surface area contributed by atoms with Gasteiger partial charge in [-0.3, -0.25) is 19.8 Å². The normalized spacial score (nSPS) is 12.6. The van der Waals surface area contributed by atoms with Crippen LogP contribution in [0.2, 0.25) is 0 Å². The summed E-state index contributed by atoms with van der Waals surface area (Å²) in [5.41, 5.74) is 2.99. The number of aliphatic carboxylic acids is 1. The number of rotatable bonds is 9. The van der Waals surface area contributed by atoms with Crippen molar-refractivity contribution in [2.24, 2.45) is 0 Å². The fourth-order valence-electron chi connectivity index (χ4n) is 3.96. The molecular formula is C26H33BrN4O5. The molecule has 1 aliphatic rings. The summed E-state index contributed by atoms with van der Waals surface area (Å²) in [4.78, 5) is 43.4. The Hall–Kier alpha value is -3.27. The molecule has 2 heterocycles. The van der Waals surface area contributed by atoms with Crippen LogP contribution in [0.5, 0.6) is 5.75 Å². The molecule has 1 aromatic heterocycles. The highest BCUT2D eigenvalue weighted by molar-refractivity contribution is 8.93. The Bertz CT molecular complexity index is 1190. The molecule has 0 fully saturated rings. The lowest BCUT2D eigenvalue weighted by Gasteiger charge is -2.26. The van der Waals surface area contributed by atoms with Crippen LogP contribution in [0.15, 0.2) is 24.3 Å². The van der Waals surface area contributed by atoms with Crippen LogP contribution < -0.4 is 10.1 Å². The molecule has 0 atom stereocenters. The number of nitrogens with one attached hydrogen (secondary N) is 2. The first kappa shape index (κ1) is 29.0. The number of aryl methyl sites for hydroxylation is 1. The molecule has 2 aromatic rings. The largest absolute Gasteiger partial charge is 0.493 e. The Labute approximate surface area is 221 Å². The quantitative estimate of drug-likeness (QED) is 0.397. The fraction of sp³-hybridized carbons (Fsp3) is 0.423. The Morgan fingerprint density at radius 2 is 1.89 bits per heavy atom. The molecule has 3 rings (SSSR count). The molecule has 36 heavy (non-hydrogen) atoms. The van der Waals surface area contributed by atoms with Crippen LogP contribution in [-0.4, -0.2) is 58.2 Å². The number of ether oxygens (including phenoxy) is 1. The summed E-state index contributed by atoms with van der Waals surface area (Å²) in [5, 5.41) is 19.9. The van der Waals surface area contributed by atoms with E-state index in [0.29, 0.717) is 35.7 Å². The summed E-state index contributed by atoms with van der Waals surface area (Å²) in [7, 11) is 0. The summed E-state index contributed by atoms with van der Waals surface area (Å²) in [5.74, 6) is -1.54. The molecule has 9 nitrogen and oxygen atoms in total. The number of carbonyl (C=O) groups is 3. The first-order valence-electron chi connectivity index (χ1n) is 11.6. The van der Waals surface area contributed by atoms with Gasteiger partial charge in [0.25, 0.3) is 5.91 Å². The first-order valence-corrected chi connectivity index (χ1v) is 11.6.